The van der Waals surface area contributed by atoms with Gasteiger partial charge in [-0.15, -0.1) is 0 Å². The number of methoxy groups -OCH3 is 2. The Morgan fingerprint density at radius 3 is 2.47 bits per heavy atom. The molecule has 0 aliphatic rings. The summed E-state index contributed by atoms with van der Waals surface area (Å²) in [7, 11) is 2.90. The molecule has 0 saturated heterocycles. The standard InChI is InChI=1S/C10H15NO4/c1-14-8-4-3-6(7(11)5-12)9(13)10(8)15-2/h3-4,7,12-13H,5,11H2,1-2H3/t7-/m0/s1. The van der Waals surface area contributed by atoms with Crippen LogP contribution in [0.15, 0.2) is 12.1 Å². The molecule has 0 unspecified atom stereocenters. The highest BCUT2D eigenvalue weighted by Crippen LogP contribution is 2.40. The number of hydrogen-bond donors (Lipinski definition) is 3. The summed E-state index contributed by atoms with van der Waals surface area (Å²) >= 11 is 0. The summed E-state index contributed by atoms with van der Waals surface area (Å²) in [5.41, 5.74) is 6.03. The van der Waals surface area contributed by atoms with Crippen molar-refractivity contribution in [3.8, 4) is 17.2 Å². The molecule has 0 saturated carbocycles. The molecular formula is C10H15NO4. The number of phenols is 1. The minimum absolute atomic E-state index is 0.0987. The number of hydrogen-bond acceptors (Lipinski definition) is 5. The van der Waals surface area contributed by atoms with Gasteiger partial charge in [-0.3, -0.25) is 0 Å². The fraction of sp³-hybridized carbons (Fsp3) is 0.400. The molecule has 15 heavy (non-hydrogen) atoms. The molecule has 1 atom stereocenters. The van der Waals surface area contributed by atoms with E-state index in [9.17, 15) is 5.11 Å². The van der Waals surface area contributed by atoms with E-state index in [2.05, 4.69) is 0 Å². The van der Waals surface area contributed by atoms with Crippen molar-refractivity contribution < 1.29 is 19.7 Å². The van der Waals surface area contributed by atoms with Crippen molar-refractivity contribution in [2.45, 2.75) is 6.04 Å². The largest absolute Gasteiger partial charge is 0.504 e. The number of phenolic OH excluding ortho intramolecular Hbond substituents is 1. The van der Waals surface area contributed by atoms with E-state index < -0.39 is 6.04 Å². The summed E-state index contributed by atoms with van der Waals surface area (Å²) in [5.74, 6) is 0.543. The molecule has 5 nitrogen and oxygen atoms in total. The normalized spacial score (nSPS) is 12.3. The van der Waals surface area contributed by atoms with Crippen molar-refractivity contribution >= 4 is 0 Å². The van der Waals surface area contributed by atoms with Crippen molar-refractivity contribution in [1.82, 2.24) is 0 Å². The van der Waals surface area contributed by atoms with Crippen LogP contribution < -0.4 is 15.2 Å². The molecule has 1 aromatic carbocycles. The molecule has 5 heteroatoms. The Morgan fingerprint density at radius 1 is 1.33 bits per heavy atom. The SMILES string of the molecule is COc1ccc([C@@H](N)CO)c(O)c1OC. The number of aliphatic hydroxyl groups excluding tert-OH is 1. The van der Waals surface area contributed by atoms with Crippen LogP contribution in [0.2, 0.25) is 0 Å². The summed E-state index contributed by atoms with van der Waals surface area (Å²) in [5, 5.41) is 18.7. The lowest BCUT2D eigenvalue weighted by atomic mass is 10.1. The predicted octanol–water partition coefficient (Wildman–Crippen LogP) is 0.401. The first kappa shape index (κ1) is 11.6. The first-order valence-corrected chi connectivity index (χ1v) is 4.46. The topological polar surface area (TPSA) is 84.9 Å². The van der Waals surface area contributed by atoms with Crippen LogP contribution in [0.5, 0.6) is 17.2 Å². The van der Waals surface area contributed by atoms with Crippen LogP contribution in [-0.4, -0.2) is 31.0 Å². The second-order valence-corrected chi connectivity index (χ2v) is 3.03. The molecule has 0 radical (unpaired) electrons. The average molecular weight is 213 g/mol. The van der Waals surface area contributed by atoms with Gasteiger partial charge in [-0.2, -0.15) is 0 Å². The fourth-order valence-electron chi connectivity index (χ4n) is 1.32. The van der Waals surface area contributed by atoms with Crippen LogP contribution in [0.25, 0.3) is 0 Å². The van der Waals surface area contributed by atoms with Gasteiger partial charge in [0.2, 0.25) is 5.75 Å². The summed E-state index contributed by atoms with van der Waals surface area (Å²) in [6, 6.07) is 2.59. The van der Waals surface area contributed by atoms with E-state index in [1.54, 1.807) is 12.1 Å². The van der Waals surface area contributed by atoms with Crippen molar-refractivity contribution in [1.29, 1.82) is 0 Å². The fourth-order valence-corrected chi connectivity index (χ4v) is 1.32. The molecule has 0 spiro atoms. The molecule has 0 amide bonds. The van der Waals surface area contributed by atoms with E-state index in [1.807, 2.05) is 0 Å². The molecular weight excluding hydrogens is 198 g/mol. The van der Waals surface area contributed by atoms with Gasteiger partial charge in [0.05, 0.1) is 26.9 Å². The van der Waals surface area contributed by atoms with Crippen molar-refractivity contribution in [3.63, 3.8) is 0 Å². The van der Waals surface area contributed by atoms with E-state index >= 15 is 0 Å². The number of aromatic hydroxyl groups is 1. The third-order valence-corrected chi connectivity index (χ3v) is 2.15. The molecule has 0 fully saturated rings. The Balaban J connectivity index is 3.22. The van der Waals surface area contributed by atoms with Crippen LogP contribution in [0.4, 0.5) is 0 Å². The minimum atomic E-state index is -0.634. The monoisotopic (exact) mass is 213 g/mol. The van der Waals surface area contributed by atoms with Gasteiger partial charge >= 0.3 is 0 Å². The smallest absolute Gasteiger partial charge is 0.203 e. The molecule has 4 N–H and O–H groups in total. The molecule has 0 aliphatic carbocycles. The maximum atomic E-state index is 9.81. The first-order chi connectivity index (χ1) is 7.15. The van der Waals surface area contributed by atoms with Gasteiger partial charge < -0.3 is 25.4 Å². The first-order valence-electron chi connectivity index (χ1n) is 4.46. The van der Waals surface area contributed by atoms with Gasteiger partial charge in [-0.1, -0.05) is 0 Å². The summed E-state index contributed by atoms with van der Waals surface area (Å²) in [6.45, 7) is -0.247. The van der Waals surface area contributed by atoms with Crippen molar-refractivity contribution in [2.24, 2.45) is 5.73 Å². The Labute approximate surface area is 88.0 Å². The van der Waals surface area contributed by atoms with Crippen LogP contribution in [0.3, 0.4) is 0 Å². The predicted molar refractivity (Wildman–Crippen MR) is 55.2 cm³/mol. The second kappa shape index (κ2) is 4.86. The lowest BCUT2D eigenvalue weighted by Crippen LogP contribution is -2.14. The summed E-state index contributed by atoms with van der Waals surface area (Å²) in [4.78, 5) is 0. The average Bonchev–Trinajstić information content (AvgIpc) is 2.27. The van der Waals surface area contributed by atoms with Gasteiger partial charge in [0.15, 0.2) is 11.5 Å². The van der Waals surface area contributed by atoms with Crippen LogP contribution in [-0.2, 0) is 0 Å². The second-order valence-electron chi connectivity index (χ2n) is 3.03. The van der Waals surface area contributed by atoms with Gasteiger partial charge in [-0.25, -0.2) is 0 Å². The maximum Gasteiger partial charge on any atom is 0.203 e. The number of rotatable bonds is 4. The Hall–Kier alpha value is -1.46. The lowest BCUT2D eigenvalue weighted by Gasteiger charge is -2.15. The highest BCUT2D eigenvalue weighted by Gasteiger charge is 2.17. The molecule has 0 aromatic heterocycles. The highest BCUT2D eigenvalue weighted by atomic mass is 16.5. The molecule has 84 valence electrons. The molecule has 0 bridgehead atoms. The van der Waals surface area contributed by atoms with Crippen molar-refractivity contribution in [3.05, 3.63) is 17.7 Å². The Kier molecular flexibility index (Phi) is 3.76. The van der Waals surface area contributed by atoms with Gasteiger partial charge in [-0.05, 0) is 12.1 Å². The van der Waals surface area contributed by atoms with E-state index in [1.165, 1.54) is 14.2 Å². The quantitative estimate of drug-likeness (QED) is 0.674. The number of aliphatic hydroxyl groups is 1. The van der Waals surface area contributed by atoms with Crippen molar-refractivity contribution in [2.75, 3.05) is 20.8 Å². The third-order valence-electron chi connectivity index (χ3n) is 2.15. The minimum Gasteiger partial charge on any atom is -0.504 e. The number of nitrogens with two attached hydrogens (primary N) is 1. The maximum absolute atomic E-state index is 9.81. The van der Waals surface area contributed by atoms with Crippen LogP contribution in [0.1, 0.15) is 11.6 Å². The van der Waals surface area contributed by atoms with Gasteiger partial charge in [0.1, 0.15) is 0 Å². The summed E-state index contributed by atoms with van der Waals surface area (Å²) in [6.07, 6.45) is 0. The zero-order chi connectivity index (χ0) is 11.4. The molecule has 1 rings (SSSR count). The van der Waals surface area contributed by atoms with E-state index in [4.69, 9.17) is 20.3 Å². The van der Waals surface area contributed by atoms with E-state index in [0.717, 1.165) is 0 Å². The lowest BCUT2D eigenvalue weighted by molar-refractivity contribution is 0.263. The number of benzene rings is 1. The van der Waals surface area contributed by atoms with Crippen LogP contribution >= 0.6 is 0 Å². The van der Waals surface area contributed by atoms with Crippen LogP contribution in [0, 0.1) is 0 Å². The molecule has 1 aromatic rings. The third kappa shape index (κ3) is 2.14. The Bertz CT molecular complexity index is 340. The number of ether oxygens (including phenoxy) is 2. The van der Waals surface area contributed by atoms with Gasteiger partial charge in [0, 0.05) is 5.56 Å². The zero-order valence-corrected chi connectivity index (χ0v) is 8.73. The molecule has 0 aliphatic heterocycles. The van der Waals surface area contributed by atoms with E-state index in [0.29, 0.717) is 11.3 Å². The van der Waals surface area contributed by atoms with Gasteiger partial charge in [0.25, 0.3) is 0 Å². The Morgan fingerprint density at radius 2 is 2.00 bits per heavy atom. The zero-order valence-electron chi connectivity index (χ0n) is 8.73. The summed E-state index contributed by atoms with van der Waals surface area (Å²) < 4.78 is 9.99. The highest BCUT2D eigenvalue weighted by molar-refractivity contribution is 5.55. The van der Waals surface area contributed by atoms with E-state index in [-0.39, 0.29) is 18.1 Å². The molecule has 0 heterocycles.